The standard InChI is InChI=1S/C23H36O4.C17H28O3.C14H20O6.2C14H22O4.C13H20O4/c1-4-13-11-14(5-2)18-16-12-15(17(13)18)19(21(24)25)20(16)22(26)27-23(6-3)9-7-8-10-23;1-4-9-6-10(5-2)15-12-7-11(14(9)15)13(8-20-3)16(12)17(18)19;1-3-5-7-8(6(4-2)19-5)12-10(14(17)18)9(13(15)16)11(7)20-12;1-4-7-10-9-6-14(3,13(15)16)12(18-9)11(10)8(5-2)17-7;1-4-7-10-11(8(5-2)17-7)13-9(14(15)16)6(3)12(10)18-13;1-3-7-10-9-5-6(13(14)15)12(17-9)11(10)8(4-2)16-7/h13-20H,4-12H2,1-3H3,(H,24,25);9-16H,4-8H2,1-3H3,(H,18,19);5-12H,3-4H2,1-2H3,(H,15,16)(H,17,18);7-12H,4-6H2,1-3H3,(H,15,16);6-13H,4-5H2,1-3H3,(H,15,16);6-12H,3-5H2,1-2H3,(H,14,15). The molecular formula is C95H148O25. The van der Waals surface area contributed by atoms with Crippen LogP contribution < -0.4 is 0 Å². The largest absolute Gasteiger partial charge is 0.481 e. The third-order valence-electron chi connectivity index (χ3n) is 36.4. The lowest BCUT2D eigenvalue weighted by atomic mass is 9.64. The van der Waals surface area contributed by atoms with Gasteiger partial charge in [-0.2, -0.15) is 0 Å². The van der Waals surface area contributed by atoms with Gasteiger partial charge in [0.2, 0.25) is 0 Å². The normalized spacial score (nSPS) is 49.9. The molecule has 12 aliphatic heterocycles. The summed E-state index contributed by atoms with van der Waals surface area (Å²) in [5.74, 6) is -0.0378. The maximum absolute atomic E-state index is 13.3. The lowest BCUT2D eigenvalue weighted by molar-refractivity contribution is -0.175. The highest BCUT2D eigenvalue weighted by molar-refractivity contribution is 5.84. The second-order valence-electron chi connectivity index (χ2n) is 40.8. The van der Waals surface area contributed by atoms with Crippen molar-refractivity contribution < 1.29 is 121 Å². The first-order valence-corrected chi connectivity index (χ1v) is 47.9. The number of carboxylic acid groups (broad SMARTS) is 7. The first-order valence-electron chi connectivity index (χ1n) is 47.9. The van der Waals surface area contributed by atoms with E-state index in [9.17, 15) is 74.1 Å². The number of methoxy groups -OCH3 is 1. The van der Waals surface area contributed by atoms with E-state index in [1.165, 1.54) is 25.7 Å². The molecule has 25 heteroatoms. The SMILES string of the molecule is CCC1CC(CC)C2C3CC(C(C(=O)O)C3C(=O)OC3(CC)CCCC3)C12.CCC1CC(CC)C2C3CC(C(COC)C3C(=O)O)C12.CCC1OC(CC)C2C1C1CC(C)(C(=O)O)C2O1.CCC1OC(CC)C2C3OC(C(C(=O)O)C3C(=O)O)C12.CCC1OC(CC)C2C3OC(C(C)C3C(=O)O)C12.CCC1OC(CC)C2C3OC(CC3C(=O)O)C12. The van der Waals surface area contributed by atoms with Crippen LogP contribution >= 0.6 is 0 Å². The molecule has 12 heterocycles. The number of esters is 1. The van der Waals surface area contributed by atoms with Gasteiger partial charge in [0.05, 0.1) is 151 Å². The molecule has 0 aromatic heterocycles. The highest BCUT2D eigenvalue weighted by Crippen LogP contribution is 2.71. The summed E-state index contributed by atoms with van der Waals surface area (Å²) in [5.41, 5.74) is -1.04. The topological polar surface area (TPSA) is 370 Å². The molecule has 0 amide bonds. The van der Waals surface area contributed by atoms with Crippen LogP contribution in [0, 0.1) is 177 Å². The van der Waals surface area contributed by atoms with Gasteiger partial charge in [-0.25, -0.2) is 0 Å². The fourth-order valence-electron chi connectivity index (χ4n) is 31.8. The fourth-order valence-corrected chi connectivity index (χ4v) is 31.8. The van der Waals surface area contributed by atoms with Gasteiger partial charge in [-0.3, -0.25) is 38.4 Å². The Morgan fingerprint density at radius 2 is 0.717 bits per heavy atom. The quantitative estimate of drug-likeness (QED) is 0.0441. The Kier molecular flexibility index (Phi) is 28.0. The van der Waals surface area contributed by atoms with Crippen molar-refractivity contribution >= 4 is 47.8 Å². The predicted molar refractivity (Wildman–Crippen MR) is 438 cm³/mol. The van der Waals surface area contributed by atoms with Gasteiger partial charge < -0.3 is 83.1 Å². The molecule has 0 aromatic rings. The van der Waals surface area contributed by atoms with Crippen molar-refractivity contribution in [2.75, 3.05) is 13.7 Å². The Morgan fingerprint density at radius 3 is 1.12 bits per heavy atom. The molecule has 46 atom stereocenters. The van der Waals surface area contributed by atoms with Crippen molar-refractivity contribution in [1.29, 1.82) is 0 Å². The van der Waals surface area contributed by atoms with Crippen molar-refractivity contribution in [2.45, 2.75) is 355 Å². The van der Waals surface area contributed by atoms with Gasteiger partial charge in [0.1, 0.15) is 5.60 Å². The summed E-state index contributed by atoms with van der Waals surface area (Å²) in [6.45, 7) is 32.5. The first-order chi connectivity index (χ1) is 57.4. The monoisotopic (exact) mass is 1690 g/mol. The molecule has 25 nitrogen and oxygen atoms in total. The van der Waals surface area contributed by atoms with Crippen LogP contribution in [-0.4, -0.2) is 200 Å². The number of carboxylic acids is 7. The van der Waals surface area contributed by atoms with Gasteiger partial charge in [0.15, 0.2) is 0 Å². The molecular weight excluding hydrogens is 1540 g/mol. The number of rotatable bonds is 24. The van der Waals surface area contributed by atoms with Crippen LogP contribution in [0.15, 0.2) is 0 Å². The number of ether oxygens (including phenoxy) is 10. The summed E-state index contributed by atoms with van der Waals surface area (Å²) in [5, 5.41) is 66.5. The van der Waals surface area contributed by atoms with Crippen LogP contribution in [0.25, 0.3) is 0 Å². The smallest absolute Gasteiger partial charge is 0.312 e. The molecule has 0 spiro atoms. The minimum atomic E-state index is -1.07. The molecule has 120 heavy (non-hydrogen) atoms. The van der Waals surface area contributed by atoms with Gasteiger partial charge in [-0.15, -0.1) is 0 Å². The average Bonchev–Trinajstić information content (AvgIpc) is 1.53. The number of aliphatic carboxylic acids is 7. The molecule has 19 rings (SSSR count). The van der Waals surface area contributed by atoms with Gasteiger partial charge >= 0.3 is 47.8 Å². The zero-order valence-corrected chi connectivity index (χ0v) is 74.4. The summed E-state index contributed by atoms with van der Waals surface area (Å²) >= 11 is 0. The Hall–Kier alpha value is -4.60. The minimum absolute atomic E-state index is 0.0171. The molecule has 12 saturated heterocycles. The molecule has 7 aliphatic carbocycles. The Balaban J connectivity index is 0.000000119. The van der Waals surface area contributed by atoms with Crippen molar-refractivity contribution in [3.8, 4) is 0 Å². The van der Waals surface area contributed by atoms with Crippen molar-refractivity contribution in [3.05, 3.63) is 0 Å². The highest BCUT2D eigenvalue weighted by Gasteiger charge is 2.74. The zero-order valence-electron chi connectivity index (χ0n) is 74.4. The first kappa shape index (κ1) is 91.6. The molecule has 0 radical (unpaired) electrons. The lowest BCUT2D eigenvalue weighted by Crippen LogP contribution is -2.48. The van der Waals surface area contributed by atoms with E-state index in [0.717, 1.165) is 127 Å². The Bertz CT molecular complexity index is 3600. The summed E-state index contributed by atoms with van der Waals surface area (Å²) in [4.78, 5) is 94.4. The van der Waals surface area contributed by atoms with Crippen LogP contribution in [-0.2, 0) is 85.7 Å². The van der Waals surface area contributed by atoms with Crippen LogP contribution in [0.5, 0.6) is 0 Å². The van der Waals surface area contributed by atoms with Crippen molar-refractivity contribution in [3.63, 3.8) is 0 Å². The number of hydrogen-bond acceptors (Lipinski definition) is 18. The number of carbonyl (C=O) groups excluding carboxylic acids is 1. The van der Waals surface area contributed by atoms with Gasteiger partial charge in [-0.1, -0.05) is 123 Å². The van der Waals surface area contributed by atoms with E-state index in [0.29, 0.717) is 90.5 Å². The van der Waals surface area contributed by atoms with Crippen LogP contribution in [0.2, 0.25) is 0 Å². The van der Waals surface area contributed by atoms with E-state index >= 15 is 0 Å². The molecule has 0 aromatic carbocycles. The van der Waals surface area contributed by atoms with E-state index in [-0.39, 0.29) is 156 Å². The average molecular weight is 1690 g/mol. The Labute approximate surface area is 711 Å². The highest BCUT2D eigenvalue weighted by atomic mass is 16.6. The number of carbonyl (C=O) groups is 8. The molecule has 46 unspecified atom stereocenters. The maximum atomic E-state index is 13.3. The summed E-state index contributed by atoms with van der Waals surface area (Å²) < 4.78 is 59.6. The van der Waals surface area contributed by atoms with Crippen molar-refractivity contribution in [2.24, 2.45) is 177 Å². The molecule has 7 N–H and O–H groups in total. The van der Waals surface area contributed by atoms with Gasteiger partial charge in [0, 0.05) is 54.5 Å². The van der Waals surface area contributed by atoms with Gasteiger partial charge in [-0.05, 0) is 212 Å². The molecule has 19 fully saturated rings. The summed E-state index contributed by atoms with van der Waals surface area (Å²) in [6, 6.07) is 0. The van der Waals surface area contributed by atoms with E-state index in [1.54, 1.807) is 7.11 Å². The maximum Gasteiger partial charge on any atom is 0.312 e. The molecule has 678 valence electrons. The lowest BCUT2D eigenvalue weighted by Gasteiger charge is -2.40. The molecule has 7 saturated carbocycles. The van der Waals surface area contributed by atoms with Crippen LogP contribution in [0.1, 0.15) is 252 Å². The molecule has 12 bridgehead atoms. The minimum Gasteiger partial charge on any atom is -0.481 e. The predicted octanol–water partition coefficient (Wildman–Crippen LogP) is 14.9. The van der Waals surface area contributed by atoms with E-state index < -0.39 is 83.1 Å². The van der Waals surface area contributed by atoms with Crippen molar-refractivity contribution in [1.82, 2.24) is 0 Å². The number of fused-ring (bicyclic) bond motifs is 30. The zero-order chi connectivity index (χ0) is 86.6. The number of hydrogen-bond donors (Lipinski definition) is 7. The fraction of sp³-hybridized carbons (Fsp3) is 0.916. The van der Waals surface area contributed by atoms with E-state index in [1.807, 2.05) is 27.7 Å². The molecule has 19 aliphatic rings. The third kappa shape index (κ3) is 15.1. The van der Waals surface area contributed by atoms with Crippen LogP contribution in [0.3, 0.4) is 0 Å². The van der Waals surface area contributed by atoms with E-state index in [4.69, 9.17) is 47.4 Å². The summed E-state index contributed by atoms with van der Waals surface area (Å²) in [7, 11) is 1.71. The van der Waals surface area contributed by atoms with Gasteiger partial charge in [0.25, 0.3) is 0 Å². The van der Waals surface area contributed by atoms with E-state index in [2.05, 4.69) is 76.2 Å². The Morgan fingerprint density at radius 1 is 0.350 bits per heavy atom. The van der Waals surface area contributed by atoms with Crippen LogP contribution in [0.4, 0.5) is 0 Å². The second kappa shape index (κ2) is 36.6. The third-order valence-corrected chi connectivity index (χ3v) is 36.4. The second-order valence-corrected chi connectivity index (χ2v) is 40.8. The summed E-state index contributed by atoms with van der Waals surface area (Å²) in [6.07, 6.45) is 23.3.